The van der Waals surface area contributed by atoms with Crippen molar-refractivity contribution in [2.75, 3.05) is 7.05 Å². The number of halogens is 9. The summed E-state index contributed by atoms with van der Waals surface area (Å²) in [6, 6.07) is 6.96. The van der Waals surface area contributed by atoms with Crippen molar-refractivity contribution >= 4 is 5.91 Å². The van der Waals surface area contributed by atoms with E-state index in [4.69, 9.17) is 0 Å². The van der Waals surface area contributed by atoms with Crippen LogP contribution in [0.3, 0.4) is 0 Å². The number of hydrogen-bond acceptors (Lipinski definition) is 1. The first-order valence-corrected chi connectivity index (χ1v) is 6.16. The van der Waals surface area contributed by atoms with Gasteiger partial charge in [-0.1, -0.05) is 30.3 Å². The molecule has 2 N–H and O–H groups in total. The van der Waals surface area contributed by atoms with E-state index in [-0.39, 0.29) is 15.9 Å². The van der Waals surface area contributed by atoms with Gasteiger partial charge in [0.25, 0.3) is 5.91 Å². The molecule has 1 aromatic carbocycles. The Hall–Kier alpha value is -1.98. The average Bonchev–Trinajstić information content (AvgIpc) is 2.45. The summed E-state index contributed by atoms with van der Waals surface area (Å²) >= 11 is 0. The first-order valence-electron chi connectivity index (χ1n) is 6.16. The van der Waals surface area contributed by atoms with Gasteiger partial charge in [-0.25, -0.2) is 0 Å². The maximum absolute atomic E-state index is 13.5. The summed E-state index contributed by atoms with van der Waals surface area (Å²) in [6.07, 6.45) is -6.96. The molecule has 0 saturated carbocycles. The molecule has 1 rings (SSSR count). The SMILES string of the molecule is CN(Cc1ccccc1)C(=O)C(F)(F)C(F)(F)C(F)(F)C(F)(F)F.O. The van der Waals surface area contributed by atoms with E-state index in [1.165, 1.54) is 30.3 Å². The lowest BCUT2D eigenvalue weighted by Crippen LogP contribution is -2.65. The Morgan fingerprint density at radius 1 is 0.880 bits per heavy atom. The molecule has 0 fully saturated rings. The van der Waals surface area contributed by atoms with Gasteiger partial charge in [0.1, 0.15) is 0 Å². The third kappa shape index (κ3) is 3.99. The van der Waals surface area contributed by atoms with E-state index in [1.54, 1.807) is 0 Å². The maximum atomic E-state index is 13.5. The summed E-state index contributed by atoms with van der Waals surface area (Å²) in [7, 11) is 0.574. The van der Waals surface area contributed by atoms with Crippen molar-refractivity contribution in [1.82, 2.24) is 4.90 Å². The molecule has 0 atom stereocenters. The topological polar surface area (TPSA) is 51.8 Å². The zero-order chi connectivity index (χ0) is 19.0. The minimum Gasteiger partial charge on any atom is -0.412 e. The van der Waals surface area contributed by atoms with Crippen LogP contribution >= 0.6 is 0 Å². The maximum Gasteiger partial charge on any atom is 0.460 e. The summed E-state index contributed by atoms with van der Waals surface area (Å²) in [4.78, 5) is 11.3. The molecular formula is C13H12F9NO2. The van der Waals surface area contributed by atoms with Crippen molar-refractivity contribution in [3.8, 4) is 0 Å². The number of carbonyl (C=O) groups is 1. The predicted octanol–water partition coefficient (Wildman–Crippen LogP) is 3.29. The molecule has 0 spiro atoms. The second-order valence-electron chi connectivity index (χ2n) is 4.87. The lowest BCUT2D eigenvalue weighted by atomic mass is 10.0. The van der Waals surface area contributed by atoms with Crippen LogP contribution in [0.5, 0.6) is 0 Å². The molecule has 0 aromatic heterocycles. The van der Waals surface area contributed by atoms with E-state index in [0.717, 1.165) is 0 Å². The first-order chi connectivity index (χ1) is 10.7. The molecule has 12 heteroatoms. The van der Waals surface area contributed by atoms with E-state index in [2.05, 4.69) is 0 Å². The summed E-state index contributed by atoms with van der Waals surface area (Å²) in [5.41, 5.74) is 0.176. The van der Waals surface area contributed by atoms with Gasteiger partial charge in [-0.3, -0.25) is 4.79 Å². The molecule has 25 heavy (non-hydrogen) atoms. The molecule has 0 saturated heterocycles. The molecule has 0 aliphatic heterocycles. The highest BCUT2D eigenvalue weighted by atomic mass is 19.4. The summed E-state index contributed by atoms with van der Waals surface area (Å²) in [5, 5.41) is 0. The van der Waals surface area contributed by atoms with E-state index in [9.17, 15) is 44.3 Å². The Bertz CT molecular complexity index is 587. The Morgan fingerprint density at radius 2 is 1.32 bits per heavy atom. The molecule has 0 aliphatic carbocycles. The third-order valence-corrected chi connectivity index (χ3v) is 3.02. The van der Waals surface area contributed by atoms with Gasteiger partial charge in [0.2, 0.25) is 0 Å². The van der Waals surface area contributed by atoms with Crippen LogP contribution in [-0.4, -0.2) is 47.3 Å². The molecule has 3 nitrogen and oxygen atoms in total. The van der Waals surface area contributed by atoms with Gasteiger partial charge < -0.3 is 10.4 Å². The fourth-order valence-corrected chi connectivity index (χ4v) is 1.68. The van der Waals surface area contributed by atoms with Crippen molar-refractivity contribution < 1.29 is 49.8 Å². The summed E-state index contributed by atoms with van der Waals surface area (Å²) in [6.45, 7) is -0.692. The summed E-state index contributed by atoms with van der Waals surface area (Å²) in [5.74, 6) is -23.2. The Labute approximate surface area is 135 Å². The van der Waals surface area contributed by atoms with Crippen LogP contribution in [0.15, 0.2) is 30.3 Å². The molecule has 144 valence electrons. The number of rotatable bonds is 5. The normalized spacial score (nSPS) is 13.2. The first kappa shape index (κ1) is 23.0. The Morgan fingerprint density at radius 3 is 1.72 bits per heavy atom. The second kappa shape index (κ2) is 7.10. The van der Waals surface area contributed by atoms with Gasteiger partial charge in [-0.2, -0.15) is 39.5 Å². The van der Waals surface area contributed by atoms with Gasteiger partial charge in [-0.15, -0.1) is 0 Å². The number of nitrogens with zero attached hydrogens (tertiary/aromatic N) is 1. The van der Waals surface area contributed by atoms with Crippen LogP contribution in [0.4, 0.5) is 39.5 Å². The zero-order valence-corrected chi connectivity index (χ0v) is 12.4. The van der Waals surface area contributed by atoms with Gasteiger partial charge >= 0.3 is 23.9 Å². The van der Waals surface area contributed by atoms with Crippen LogP contribution in [0.2, 0.25) is 0 Å². The van der Waals surface area contributed by atoms with Crippen molar-refractivity contribution in [2.24, 2.45) is 0 Å². The number of benzene rings is 1. The largest absolute Gasteiger partial charge is 0.460 e. The molecular weight excluding hydrogens is 373 g/mol. The minimum atomic E-state index is -7.09. The van der Waals surface area contributed by atoms with Crippen LogP contribution in [-0.2, 0) is 11.3 Å². The number of amides is 1. The number of alkyl halides is 9. The zero-order valence-electron chi connectivity index (χ0n) is 12.4. The van der Waals surface area contributed by atoms with E-state index >= 15 is 0 Å². The van der Waals surface area contributed by atoms with Gasteiger partial charge in [0.15, 0.2) is 0 Å². The second-order valence-corrected chi connectivity index (χ2v) is 4.87. The van der Waals surface area contributed by atoms with E-state index in [1.807, 2.05) is 0 Å². The highest BCUT2D eigenvalue weighted by Crippen LogP contribution is 2.53. The predicted molar refractivity (Wildman–Crippen MR) is 67.4 cm³/mol. The van der Waals surface area contributed by atoms with E-state index < -0.39 is 36.4 Å². The summed E-state index contributed by atoms with van der Waals surface area (Å²) < 4.78 is 115. The lowest BCUT2D eigenvalue weighted by Gasteiger charge is -2.34. The third-order valence-electron chi connectivity index (χ3n) is 3.02. The van der Waals surface area contributed by atoms with Gasteiger partial charge in [0.05, 0.1) is 0 Å². The average molecular weight is 385 g/mol. The standard InChI is InChI=1S/C13H10F9NO.H2O/c1-23(7-8-5-3-2-4-6-8)9(24)10(14,15)11(16,17)12(18,19)13(20,21)22;/h2-6H,7H2,1H3;1H2. The highest BCUT2D eigenvalue weighted by Gasteiger charge is 2.84. The van der Waals surface area contributed by atoms with Gasteiger partial charge in [0, 0.05) is 13.6 Å². The molecule has 1 aromatic rings. The smallest absolute Gasteiger partial charge is 0.412 e. The van der Waals surface area contributed by atoms with Crippen molar-refractivity contribution in [3.63, 3.8) is 0 Å². The minimum absolute atomic E-state index is 0. The number of carbonyl (C=O) groups excluding carboxylic acids is 1. The molecule has 0 heterocycles. The molecule has 0 radical (unpaired) electrons. The highest BCUT2D eigenvalue weighted by molar-refractivity contribution is 5.84. The molecule has 1 amide bonds. The quantitative estimate of drug-likeness (QED) is 0.718. The number of hydrogen-bond donors (Lipinski definition) is 0. The van der Waals surface area contributed by atoms with Crippen LogP contribution in [0, 0.1) is 0 Å². The molecule has 0 unspecified atom stereocenters. The van der Waals surface area contributed by atoms with Crippen LogP contribution in [0.1, 0.15) is 5.56 Å². The Balaban J connectivity index is 0.00000576. The van der Waals surface area contributed by atoms with Crippen LogP contribution < -0.4 is 0 Å². The molecule has 0 aliphatic rings. The van der Waals surface area contributed by atoms with Crippen LogP contribution in [0.25, 0.3) is 0 Å². The van der Waals surface area contributed by atoms with Crippen molar-refractivity contribution in [3.05, 3.63) is 35.9 Å². The van der Waals surface area contributed by atoms with Crippen molar-refractivity contribution in [2.45, 2.75) is 30.5 Å². The monoisotopic (exact) mass is 385 g/mol. The fourth-order valence-electron chi connectivity index (χ4n) is 1.68. The van der Waals surface area contributed by atoms with E-state index in [0.29, 0.717) is 7.05 Å². The van der Waals surface area contributed by atoms with Gasteiger partial charge in [-0.05, 0) is 5.56 Å². The van der Waals surface area contributed by atoms with Crippen molar-refractivity contribution in [1.29, 1.82) is 0 Å². The fraction of sp³-hybridized carbons (Fsp3) is 0.462. The molecule has 0 bridgehead atoms. The Kier molecular flexibility index (Phi) is 6.54. The lowest BCUT2D eigenvalue weighted by molar-refractivity contribution is -0.389.